The summed E-state index contributed by atoms with van der Waals surface area (Å²) in [5.74, 6) is 0.637. The van der Waals surface area contributed by atoms with E-state index >= 15 is 0 Å². The average molecular weight is 615 g/mol. The van der Waals surface area contributed by atoms with Crippen molar-refractivity contribution in [3.8, 4) is 33.3 Å². The van der Waals surface area contributed by atoms with Gasteiger partial charge in [-0.05, 0) is 55.8 Å². The van der Waals surface area contributed by atoms with E-state index in [4.69, 9.17) is 14.3 Å². The van der Waals surface area contributed by atoms with Gasteiger partial charge >= 0.3 is 0 Å². The maximum atomic E-state index is 13.1. The van der Waals surface area contributed by atoms with E-state index in [1.807, 2.05) is 90.6 Å². The zero-order chi connectivity index (χ0) is 27.6. The number of carbonyl (C=O) groups excluding carboxylic acids is 1. The number of para-hydroxylation sites is 1. The molecule has 0 fully saturated rings. The molecular weight excluding hydrogens is 590 g/mol. The molecule has 10 heteroatoms. The molecule has 6 rings (SSSR count). The van der Waals surface area contributed by atoms with Gasteiger partial charge in [-0.3, -0.25) is 10.1 Å². The lowest BCUT2D eigenvalue weighted by molar-refractivity contribution is 0.0998. The van der Waals surface area contributed by atoms with E-state index in [1.54, 1.807) is 0 Å². The Bertz CT molecular complexity index is 1830. The number of aryl methyl sites for hydroxylation is 1. The van der Waals surface area contributed by atoms with Gasteiger partial charge in [0, 0.05) is 27.2 Å². The van der Waals surface area contributed by atoms with E-state index in [0.29, 0.717) is 22.3 Å². The van der Waals surface area contributed by atoms with Gasteiger partial charge in [-0.15, -0.1) is 10.2 Å². The van der Waals surface area contributed by atoms with Crippen molar-refractivity contribution in [2.45, 2.75) is 20.3 Å². The lowest BCUT2D eigenvalue weighted by atomic mass is 10.1. The third kappa shape index (κ3) is 5.15. The average Bonchev–Trinajstić information content (AvgIpc) is 3.70. The lowest BCUT2D eigenvalue weighted by Gasteiger charge is -2.06. The van der Waals surface area contributed by atoms with Crippen LogP contribution < -0.4 is 10.1 Å². The molecule has 1 amide bonds. The third-order valence-corrected chi connectivity index (χ3v) is 7.66. The van der Waals surface area contributed by atoms with Gasteiger partial charge in [0.25, 0.3) is 5.91 Å². The van der Waals surface area contributed by atoms with Crippen LogP contribution in [0.2, 0.25) is 0 Å². The minimum absolute atomic E-state index is 0.242. The molecule has 40 heavy (non-hydrogen) atoms. The second kappa shape index (κ2) is 11.1. The Morgan fingerprint density at radius 2 is 1.93 bits per heavy atom. The van der Waals surface area contributed by atoms with Crippen molar-refractivity contribution >= 4 is 49.3 Å². The normalized spacial score (nSPS) is 11.2. The number of fused-ring (bicyclic) bond motifs is 1. The van der Waals surface area contributed by atoms with Crippen LogP contribution in [-0.2, 0) is 0 Å². The maximum Gasteiger partial charge on any atom is 0.293 e. The zero-order valence-corrected chi connectivity index (χ0v) is 24.1. The first-order chi connectivity index (χ1) is 19.5. The number of nitrogens with zero attached hydrogens (tertiary/aromatic N) is 4. The van der Waals surface area contributed by atoms with Crippen LogP contribution in [0.5, 0.6) is 5.75 Å². The van der Waals surface area contributed by atoms with Gasteiger partial charge in [-0.1, -0.05) is 64.5 Å². The summed E-state index contributed by atoms with van der Waals surface area (Å²) in [6.07, 6.45) is 2.85. The number of carbonyl (C=O) groups is 1. The second-order valence-electron chi connectivity index (χ2n) is 9.11. The van der Waals surface area contributed by atoms with Crippen molar-refractivity contribution in [3.63, 3.8) is 0 Å². The van der Waals surface area contributed by atoms with Crippen molar-refractivity contribution in [3.05, 3.63) is 94.8 Å². The van der Waals surface area contributed by atoms with Crippen LogP contribution in [0, 0.1) is 6.92 Å². The van der Waals surface area contributed by atoms with Crippen molar-refractivity contribution in [2.75, 3.05) is 11.9 Å². The molecule has 0 spiro atoms. The molecule has 0 radical (unpaired) electrons. The van der Waals surface area contributed by atoms with E-state index < -0.39 is 0 Å². The maximum absolute atomic E-state index is 13.1. The fourth-order valence-corrected chi connectivity index (χ4v) is 5.47. The van der Waals surface area contributed by atoms with Crippen molar-refractivity contribution in [1.82, 2.24) is 20.0 Å². The topological polar surface area (TPSA) is 95.1 Å². The monoisotopic (exact) mass is 613 g/mol. The van der Waals surface area contributed by atoms with E-state index in [1.165, 1.54) is 11.3 Å². The molecule has 8 nitrogen and oxygen atoms in total. The van der Waals surface area contributed by atoms with Gasteiger partial charge in [-0.2, -0.15) is 5.10 Å². The molecule has 0 saturated heterocycles. The molecule has 0 aliphatic heterocycles. The van der Waals surface area contributed by atoms with Gasteiger partial charge < -0.3 is 9.15 Å². The molecule has 0 saturated carbocycles. The van der Waals surface area contributed by atoms with E-state index in [0.717, 1.165) is 50.1 Å². The molecule has 0 bridgehead atoms. The number of rotatable bonds is 8. The number of anilines is 1. The summed E-state index contributed by atoms with van der Waals surface area (Å²) in [6.45, 7) is 4.57. The molecule has 6 aromatic rings. The summed E-state index contributed by atoms with van der Waals surface area (Å²) >= 11 is 4.74. The van der Waals surface area contributed by atoms with Gasteiger partial charge in [0.05, 0.1) is 17.9 Å². The molecule has 3 aromatic carbocycles. The highest BCUT2D eigenvalue weighted by Crippen LogP contribution is 2.36. The van der Waals surface area contributed by atoms with Gasteiger partial charge in [0.15, 0.2) is 10.8 Å². The molecule has 0 atom stereocenters. The van der Waals surface area contributed by atoms with E-state index in [9.17, 15) is 4.79 Å². The number of hydrogen-bond donors (Lipinski definition) is 1. The standard InChI is InChI=1S/C30H24BrN5O3S/c1-3-14-38-22-11-7-8-19(15-22)26-24(17-36(35-26)21-9-5-4-6-10-21)29-33-34-30(40-29)32-28(37)27-18(2)23-16-20(31)12-13-25(23)39-27/h4-13,15-17H,3,14H2,1-2H3,(H,32,34,37). The number of hydrogen-bond acceptors (Lipinski definition) is 7. The predicted octanol–water partition coefficient (Wildman–Crippen LogP) is 7.92. The molecule has 1 N–H and O–H groups in total. The molecular formula is C30H24BrN5O3S. The Hall–Kier alpha value is -4.28. The fourth-order valence-electron chi connectivity index (χ4n) is 4.36. The third-order valence-electron chi connectivity index (χ3n) is 6.30. The number of furan rings is 1. The molecule has 200 valence electrons. The number of ether oxygens (including phenoxy) is 1. The number of nitrogens with one attached hydrogen (secondary N) is 1. The Kier molecular flexibility index (Phi) is 7.19. The molecule has 3 heterocycles. The van der Waals surface area contributed by atoms with Crippen LogP contribution in [0.15, 0.2) is 87.9 Å². The SMILES string of the molecule is CCCOc1cccc(-c2nn(-c3ccccc3)cc2-c2nnc(NC(=O)c3oc4ccc(Br)cc4c3C)s2)c1. The molecule has 0 unspecified atom stereocenters. The summed E-state index contributed by atoms with van der Waals surface area (Å²) < 4.78 is 14.4. The van der Waals surface area contributed by atoms with Crippen LogP contribution in [0.4, 0.5) is 5.13 Å². The molecule has 3 aromatic heterocycles. The van der Waals surface area contributed by atoms with Crippen molar-refractivity contribution < 1.29 is 13.9 Å². The Balaban J connectivity index is 1.34. The van der Waals surface area contributed by atoms with E-state index in [2.05, 4.69) is 38.4 Å². The summed E-state index contributed by atoms with van der Waals surface area (Å²) in [6, 6.07) is 23.4. The Labute approximate surface area is 242 Å². The minimum atomic E-state index is -0.381. The van der Waals surface area contributed by atoms with E-state index in [-0.39, 0.29) is 11.7 Å². The summed E-state index contributed by atoms with van der Waals surface area (Å²) in [4.78, 5) is 13.1. The number of benzene rings is 3. The van der Waals surface area contributed by atoms with Gasteiger partial charge in [0.2, 0.25) is 5.13 Å². The van der Waals surface area contributed by atoms with Crippen LogP contribution in [0.25, 0.3) is 38.5 Å². The Morgan fingerprint density at radius 3 is 2.75 bits per heavy atom. The quantitative estimate of drug-likeness (QED) is 0.187. The van der Waals surface area contributed by atoms with Crippen LogP contribution >= 0.6 is 27.3 Å². The zero-order valence-electron chi connectivity index (χ0n) is 21.7. The van der Waals surface area contributed by atoms with Crippen LogP contribution in [0.3, 0.4) is 0 Å². The van der Waals surface area contributed by atoms with Crippen molar-refractivity contribution in [2.24, 2.45) is 0 Å². The highest BCUT2D eigenvalue weighted by molar-refractivity contribution is 9.10. The fraction of sp³-hybridized carbons (Fsp3) is 0.133. The number of amides is 1. The Morgan fingerprint density at radius 1 is 1.07 bits per heavy atom. The largest absolute Gasteiger partial charge is 0.494 e. The molecule has 0 aliphatic rings. The van der Waals surface area contributed by atoms with Gasteiger partial charge in [0.1, 0.15) is 17.0 Å². The summed E-state index contributed by atoms with van der Waals surface area (Å²) in [7, 11) is 0. The first kappa shape index (κ1) is 26.0. The lowest BCUT2D eigenvalue weighted by Crippen LogP contribution is -2.11. The number of halogens is 1. The number of aromatic nitrogens is 4. The molecule has 0 aliphatic carbocycles. The first-order valence-electron chi connectivity index (χ1n) is 12.7. The minimum Gasteiger partial charge on any atom is -0.494 e. The highest BCUT2D eigenvalue weighted by atomic mass is 79.9. The first-order valence-corrected chi connectivity index (χ1v) is 14.3. The van der Waals surface area contributed by atoms with Crippen molar-refractivity contribution in [1.29, 1.82) is 0 Å². The van der Waals surface area contributed by atoms with Crippen LogP contribution in [0.1, 0.15) is 29.5 Å². The van der Waals surface area contributed by atoms with Crippen LogP contribution in [-0.4, -0.2) is 32.5 Å². The second-order valence-corrected chi connectivity index (χ2v) is 11.0. The predicted molar refractivity (Wildman–Crippen MR) is 160 cm³/mol. The smallest absolute Gasteiger partial charge is 0.293 e. The summed E-state index contributed by atoms with van der Waals surface area (Å²) in [5, 5.41) is 18.3. The highest BCUT2D eigenvalue weighted by Gasteiger charge is 2.22. The summed E-state index contributed by atoms with van der Waals surface area (Å²) in [5.41, 5.74) is 4.74. The van der Waals surface area contributed by atoms with Gasteiger partial charge in [-0.25, -0.2) is 4.68 Å².